The Morgan fingerprint density at radius 3 is 1.28 bits per heavy atom. The molecule has 0 radical (unpaired) electrons. The number of pyridine rings is 2. The largest absolute Gasteiger partial charge is 0.496 e. The lowest BCUT2D eigenvalue weighted by molar-refractivity contribution is 0.381. The van der Waals surface area contributed by atoms with Gasteiger partial charge in [-0.2, -0.15) is 31.9 Å². The van der Waals surface area contributed by atoms with Gasteiger partial charge in [-0.1, -0.05) is 24.3 Å². The van der Waals surface area contributed by atoms with Crippen LogP contribution in [0.5, 0.6) is 11.5 Å². The molecule has 0 bridgehead atoms. The fraction of sp³-hybridized carbons (Fsp3) is 0.500. The Morgan fingerprint density at radius 1 is 0.585 bits per heavy atom. The maximum atomic E-state index is 8.74. The Hall–Kier alpha value is -3.45. The van der Waals surface area contributed by atoms with Crippen molar-refractivity contribution in [2.45, 2.75) is 0 Å². The molecule has 2 aromatic heterocycles. The van der Waals surface area contributed by atoms with Crippen LogP contribution in [0.1, 0.15) is 0 Å². The second-order valence-electron chi connectivity index (χ2n) is 12.8. The molecule has 8 rings (SSSR count). The number of nitrogens with zero attached hydrogens (tertiary/aromatic N) is 6. The minimum absolute atomic E-state index is 0.930. The fourth-order valence-corrected chi connectivity index (χ4v) is 8.74. The first-order chi connectivity index (χ1) is 25.7. The fourth-order valence-electron chi connectivity index (χ4n) is 6.94. The van der Waals surface area contributed by atoms with Crippen LogP contribution in [0.25, 0.3) is 21.5 Å². The highest BCUT2D eigenvalue weighted by molar-refractivity contribution is 7.99. The SMILES string of the molecule is COc1cccc2c(N3CCSCC3)nc(N3CCNCC3)cc12.COc1cccc2c(N3CCSCC3)nc(N3CCNCC3)cc12.O=S(=O)(O)O. The first-order valence-corrected chi connectivity index (χ1v) is 21.7. The summed E-state index contributed by atoms with van der Waals surface area (Å²) in [4.78, 5) is 19.8. The molecule has 2 aromatic carbocycles. The first kappa shape index (κ1) is 39.2. The summed E-state index contributed by atoms with van der Waals surface area (Å²) >= 11 is 4.05. The van der Waals surface area contributed by atoms with Gasteiger partial charge in [-0.05, 0) is 24.3 Å². The quantitative estimate of drug-likeness (QED) is 0.210. The minimum atomic E-state index is -4.67. The van der Waals surface area contributed by atoms with Gasteiger partial charge < -0.3 is 39.7 Å². The van der Waals surface area contributed by atoms with Crippen molar-refractivity contribution in [2.75, 3.05) is 135 Å². The van der Waals surface area contributed by atoms with Gasteiger partial charge in [0.25, 0.3) is 0 Å². The van der Waals surface area contributed by atoms with E-state index in [-0.39, 0.29) is 0 Å². The van der Waals surface area contributed by atoms with E-state index in [0.29, 0.717) is 0 Å². The van der Waals surface area contributed by atoms with E-state index in [1.807, 2.05) is 35.7 Å². The maximum Gasteiger partial charge on any atom is 0.394 e. The number of methoxy groups -OCH3 is 2. The second-order valence-corrected chi connectivity index (χ2v) is 16.2. The van der Waals surface area contributed by atoms with E-state index in [4.69, 9.17) is 37.0 Å². The number of thioether (sulfide) groups is 2. The second kappa shape index (κ2) is 18.7. The number of anilines is 4. The number of hydrogen-bond acceptors (Lipinski definition) is 14. The van der Waals surface area contributed by atoms with Gasteiger partial charge in [-0.15, -0.1) is 0 Å². The number of fused-ring (bicyclic) bond motifs is 2. The van der Waals surface area contributed by atoms with Crippen LogP contribution >= 0.6 is 23.5 Å². The predicted octanol–water partition coefficient (Wildman–Crippen LogP) is 3.76. The standard InChI is InChI=1S/2C18H24N4OS.H2O4S/c2*1-23-16-4-2-3-14-15(16)13-17(21-7-5-19-6-8-21)20-18(14)22-9-11-24-12-10-22;1-5(2,3)4/h2*2-4,13,19H,5-12H2,1H3;(H2,1,2,3,4). The van der Waals surface area contributed by atoms with E-state index < -0.39 is 10.4 Å². The smallest absolute Gasteiger partial charge is 0.394 e. The number of aromatic nitrogens is 2. The highest BCUT2D eigenvalue weighted by atomic mass is 32.3. The maximum absolute atomic E-state index is 8.74. The number of hydrogen-bond donors (Lipinski definition) is 4. The normalized spacial score (nSPS) is 18.2. The van der Waals surface area contributed by atoms with Crippen molar-refractivity contribution in [2.24, 2.45) is 0 Å². The minimum Gasteiger partial charge on any atom is -0.496 e. The van der Waals surface area contributed by atoms with E-state index >= 15 is 0 Å². The Morgan fingerprint density at radius 2 is 0.943 bits per heavy atom. The number of ether oxygens (including phenoxy) is 2. The molecule has 0 aliphatic carbocycles. The molecule has 0 saturated carbocycles. The molecule has 0 atom stereocenters. The van der Waals surface area contributed by atoms with Crippen LogP contribution in [0.15, 0.2) is 48.5 Å². The summed E-state index contributed by atoms with van der Waals surface area (Å²) in [5.74, 6) is 10.9. The van der Waals surface area contributed by atoms with Gasteiger partial charge in [0.15, 0.2) is 0 Å². The van der Waals surface area contributed by atoms with Crippen LogP contribution in [0, 0.1) is 0 Å². The number of nitrogens with one attached hydrogen (secondary N) is 2. The van der Waals surface area contributed by atoms with Crippen molar-refractivity contribution in [1.82, 2.24) is 20.6 Å². The molecule has 4 saturated heterocycles. The Bertz CT molecular complexity index is 1790. The van der Waals surface area contributed by atoms with Crippen LogP contribution in [-0.4, -0.2) is 143 Å². The zero-order chi connectivity index (χ0) is 37.2. The molecular weight excluding hydrogens is 737 g/mol. The summed E-state index contributed by atoms with van der Waals surface area (Å²) in [6.07, 6.45) is 0. The Balaban J connectivity index is 0.000000161. The molecule has 4 aliphatic rings. The number of benzene rings is 2. The summed E-state index contributed by atoms with van der Waals surface area (Å²) in [5.41, 5.74) is 0. The van der Waals surface area contributed by atoms with Crippen LogP contribution < -0.4 is 39.7 Å². The topological polar surface area (TPSA) is 156 Å². The number of rotatable bonds is 6. The van der Waals surface area contributed by atoms with Crippen LogP contribution in [-0.2, 0) is 10.4 Å². The first-order valence-electron chi connectivity index (χ1n) is 18.0. The van der Waals surface area contributed by atoms with Crippen molar-refractivity contribution in [3.63, 3.8) is 0 Å². The molecule has 4 aromatic rings. The molecule has 4 aliphatic heterocycles. The molecule has 4 fully saturated rings. The molecule has 14 nitrogen and oxygen atoms in total. The highest BCUT2D eigenvalue weighted by Gasteiger charge is 2.22. The van der Waals surface area contributed by atoms with Gasteiger partial charge in [-0.25, -0.2) is 9.97 Å². The van der Waals surface area contributed by atoms with Gasteiger partial charge in [0.2, 0.25) is 0 Å². The van der Waals surface area contributed by atoms with Crippen molar-refractivity contribution in [3.05, 3.63) is 48.5 Å². The molecular formula is C36H50N8O6S3. The lowest BCUT2D eigenvalue weighted by atomic mass is 10.1. The van der Waals surface area contributed by atoms with Gasteiger partial charge >= 0.3 is 10.4 Å². The summed E-state index contributed by atoms with van der Waals surface area (Å²) in [5, 5.41) is 11.5. The molecule has 0 amide bonds. The molecule has 288 valence electrons. The highest BCUT2D eigenvalue weighted by Crippen LogP contribution is 2.37. The van der Waals surface area contributed by atoms with Gasteiger partial charge in [0.05, 0.1) is 14.2 Å². The molecule has 53 heavy (non-hydrogen) atoms. The van der Waals surface area contributed by atoms with Crippen molar-refractivity contribution in [1.29, 1.82) is 0 Å². The van der Waals surface area contributed by atoms with E-state index in [1.165, 1.54) is 33.8 Å². The van der Waals surface area contributed by atoms with E-state index in [9.17, 15) is 0 Å². The van der Waals surface area contributed by atoms with Crippen LogP contribution in [0.4, 0.5) is 23.3 Å². The Kier molecular flexibility index (Phi) is 13.9. The average molecular weight is 787 g/mol. The van der Waals surface area contributed by atoms with Crippen molar-refractivity contribution in [3.8, 4) is 11.5 Å². The van der Waals surface area contributed by atoms with E-state index in [2.05, 4.69) is 66.6 Å². The van der Waals surface area contributed by atoms with Crippen molar-refractivity contribution < 1.29 is 27.0 Å². The molecule has 0 unspecified atom stereocenters. The predicted molar refractivity (Wildman–Crippen MR) is 220 cm³/mol. The summed E-state index contributed by atoms with van der Waals surface area (Å²) in [7, 11) is -1.17. The monoisotopic (exact) mass is 786 g/mol. The lowest BCUT2D eigenvalue weighted by Gasteiger charge is -2.32. The van der Waals surface area contributed by atoms with Gasteiger partial charge in [0, 0.05) is 123 Å². The third-order valence-corrected chi connectivity index (χ3v) is 11.4. The van der Waals surface area contributed by atoms with E-state index in [1.54, 1.807) is 14.2 Å². The zero-order valence-electron chi connectivity index (χ0n) is 30.4. The van der Waals surface area contributed by atoms with Gasteiger partial charge in [0.1, 0.15) is 34.8 Å². The molecule has 17 heteroatoms. The summed E-state index contributed by atoms with van der Waals surface area (Å²) in [6, 6.07) is 16.9. The third-order valence-electron chi connectivity index (χ3n) is 9.54. The van der Waals surface area contributed by atoms with Gasteiger partial charge in [-0.3, -0.25) is 9.11 Å². The van der Waals surface area contributed by atoms with Crippen molar-refractivity contribution >= 4 is 78.7 Å². The molecule has 4 N–H and O–H groups in total. The molecule has 0 spiro atoms. The molecule has 6 heterocycles. The lowest BCUT2D eigenvalue weighted by Crippen LogP contribution is -2.44. The Labute approximate surface area is 320 Å². The zero-order valence-corrected chi connectivity index (χ0v) is 32.8. The third kappa shape index (κ3) is 10.4. The van der Waals surface area contributed by atoms with E-state index in [0.717, 1.165) is 124 Å². The van der Waals surface area contributed by atoms with Crippen LogP contribution in [0.3, 0.4) is 0 Å². The summed E-state index contributed by atoms with van der Waals surface area (Å²) in [6.45, 7) is 12.3. The average Bonchev–Trinajstić information content (AvgIpc) is 3.20. The summed E-state index contributed by atoms with van der Waals surface area (Å²) < 4.78 is 42.8. The number of piperazine rings is 2. The van der Waals surface area contributed by atoms with Crippen LogP contribution in [0.2, 0.25) is 0 Å².